The van der Waals surface area contributed by atoms with Gasteiger partial charge in [0.1, 0.15) is 0 Å². The van der Waals surface area contributed by atoms with Crippen molar-refractivity contribution in [1.29, 1.82) is 0 Å². The summed E-state index contributed by atoms with van der Waals surface area (Å²) < 4.78 is 3.63. The smallest absolute Gasteiger partial charge is 0.168 e. The normalized spacial score (nSPS) is 10.7. The average Bonchev–Trinajstić information content (AvgIpc) is 2.57. The minimum atomic E-state index is 0.0891. The van der Waals surface area contributed by atoms with Gasteiger partial charge in [-0.15, -0.1) is 0 Å². The number of carbonyl (C=O) groups is 1. The summed E-state index contributed by atoms with van der Waals surface area (Å²) in [5.41, 5.74) is 2.51. The van der Waals surface area contributed by atoms with Crippen molar-refractivity contribution in [2.75, 3.05) is 0 Å². The minimum absolute atomic E-state index is 0.0891. The summed E-state index contributed by atoms with van der Waals surface area (Å²) in [7, 11) is 1.85. The summed E-state index contributed by atoms with van der Waals surface area (Å²) in [4.78, 5) is 12.2. The first-order chi connectivity index (χ1) is 8.49. The molecule has 0 bridgehead atoms. The van der Waals surface area contributed by atoms with Gasteiger partial charge in [-0.2, -0.15) is 5.10 Å². The Balaban J connectivity index is 2.24. The molecule has 0 amide bonds. The van der Waals surface area contributed by atoms with Gasteiger partial charge in [0.05, 0.1) is 22.3 Å². The molecule has 0 aliphatic carbocycles. The molecule has 1 heterocycles. The van der Waals surface area contributed by atoms with Crippen molar-refractivity contribution in [1.82, 2.24) is 9.78 Å². The van der Waals surface area contributed by atoms with Crippen molar-refractivity contribution in [3.63, 3.8) is 0 Å². The standard InChI is InChI=1S/C13H12Br2N2O/c1-8-13(15)11(17(2)16-8)7-12(18)9-3-5-10(14)6-4-9/h3-6H,7H2,1-2H3. The Hall–Kier alpha value is -0.940. The van der Waals surface area contributed by atoms with Gasteiger partial charge in [-0.3, -0.25) is 9.48 Å². The van der Waals surface area contributed by atoms with Gasteiger partial charge in [-0.1, -0.05) is 28.1 Å². The van der Waals surface area contributed by atoms with E-state index in [1.807, 2.05) is 38.2 Å². The van der Waals surface area contributed by atoms with E-state index in [4.69, 9.17) is 0 Å². The second-order valence-electron chi connectivity index (χ2n) is 4.08. The molecule has 0 radical (unpaired) electrons. The molecular formula is C13H12Br2N2O. The van der Waals surface area contributed by atoms with Gasteiger partial charge in [-0.25, -0.2) is 0 Å². The fraction of sp³-hybridized carbons (Fsp3) is 0.231. The molecule has 1 aromatic carbocycles. The zero-order valence-electron chi connectivity index (χ0n) is 10.1. The highest BCUT2D eigenvalue weighted by Gasteiger charge is 2.15. The number of Topliss-reactive ketones (excluding diaryl/α,β-unsaturated/α-hetero) is 1. The van der Waals surface area contributed by atoms with Crippen molar-refractivity contribution < 1.29 is 4.79 Å². The molecule has 0 saturated heterocycles. The molecule has 18 heavy (non-hydrogen) atoms. The third kappa shape index (κ3) is 2.72. The lowest BCUT2D eigenvalue weighted by atomic mass is 10.1. The lowest BCUT2D eigenvalue weighted by Crippen LogP contribution is -2.08. The molecular weight excluding hydrogens is 360 g/mol. The molecule has 0 unspecified atom stereocenters. The van der Waals surface area contributed by atoms with E-state index in [1.165, 1.54) is 0 Å². The number of rotatable bonds is 3. The van der Waals surface area contributed by atoms with Crippen molar-refractivity contribution in [2.24, 2.45) is 7.05 Å². The third-order valence-electron chi connectivity index (χ3n) is 2.76. The minimum Gasteiger partial charge on any atom is -0.294 e. The summed E-state index contributed by atoms with van der Waals surface area (Å²) in [5, 5.41) is 4.28. The van der Waals surface area contributed by atoms with Crippen LogP contribution in [0.2, 0.25) is 0 Å². The second kappa shape index (κ2) is 5.36. The molecule has 3 nitrogen and oxygen atoms in total. The number of hydrogen-bond acceptors (Lipinski definition) is 2. The Labute approximate surface area is 122 Å². The van der Waals surface area contributed by atoms with E-state index in [0.29, 0.717) is 12.0 Å². The van der Waals surface area contributed by atoms with Crippen molar-refractivity contribution in [3.05, 3.63) is 50.2 Å². The fourth-order valence-electron chi connectivity index (χ4n) is 1.76. The molecule has 2 rings (SSSR count). The maximum absolute atomic E-state index is 12.2. The maximum Gasteiger partial charge on any atom is 0.168 e. The van der Waals surface area contributed by atoms with E-state index in [1.54, 1.807) is 4.68 Å². The van der Waals surface area contributed by atoms with Gasteiger partial charge >= 0.3 is 0 Å². The summed E-state index contributed by atoms with van der Waals surface area (Å²) in [5.74, 6) is 0.0891. The molecule has 0 N–H and O–H groups in total. The molecule has 0 atom stereocenters. The molecule has 0 spiro atoms. The van der Waals surface area contributed by atoms with Crippen molar-refractivity contribution in [2.45, 2.75) is 13.3 Å². The van der Waals surface area contributed by atoms with Crippen LogP contribution in [-0.4, -0.2) is 15.6 Å². The van der Waals surface area contributed by atoms with E-state index in [-0.39, 0.29) is 5.78 Å². The van der Waals surface area contributed by atoms with Gasteiger partial charge in [0, 0.05) is 17.1 Å². The van der Waals surface area contributed by atoms with E-state index >= 15 is 0 Å². The highest BCUT2D eigenvalue weighted by Crippen LogP contribution is 2.22. The van der Waals surface area contributed by atoms with Crippen LogP contribution in [0.15, 0.2) is 33.2 Å². The Morgan fingerprint density at radius 2 is 1.89 bits per heavy atom. The summed E-state index contributed by atoms with van der Waals surface area (Å²) in [6.07, 6.45) is 0.347. The third-order valence-corrected chi connectivity index (χ3v) is 4.32. The second-order valence-corrected chi connectivity index (χ2v) is 5.79. The SMILES string of the molecule is Cc1nn(C)c(CC(=O)c2ccc(Br)cc2)c1Br. The van der Waals surface area contributed by atoms with E-state index in [2.05, 4.69) is 37.0 Å². The summed E-state index contributed by atoms with van der Waals surface area (Å²) >= 11 is 6.83. The molecule has 94 valence electrons. The van der Waals surface area contributed by atoms with Crippen LogP contribution >= 0.6 is 31.9 Å². The van der Waals surface area contributed by atoms with Gasteiger partial charge in [0.15, 0.2) is 5.78 Å². The Bertz CT molecular complexity index is 588. The Morgan fingerprint density at radius 3 is 2.39 bits per heavy atom. The van der Waals surface area contributed by atoms with Crippen LogP contribution in [0.4, 0.5) is 0 Å². The highest BCUT2D eigenvalue weighted by atomic mass is 79.9. The number of hydrogen-bond donors (Lipinski definition) is 0. The van der Waals surface area contributed by atoms with Crippen LogP contribution in [-0.2, 0) is 13.5 Å². The van der Waals surface area contributed by atoms with E-state index < -0.39 is 0 Å². The fourth-order valence-corrected chi connectivity index (χ4v) is 2.50. The van der Waals surface area contributed by atoms with Crippen LogP contribution < -0.4 is 0 Å². The molecule has 2 aromatic rings. The zero-order chi connectivity index (χ0) is 13.3. The van der Waals surface area contributed by atoms with Crippen molar-refractivity contribution >= 4 is 37.6 Å². The number of ketones is 1. The van der Waals surface area contributed by atoms with Gasteiger partial charge in [0.25, 0.3) is 0 Å². The van der Waals surface area contributed by atoms with Crippen LogP contribution in [0.5, 0.6) is 0 Å². The molecule has 5 heteroatoms. The largest absolute Gasteiger partial charge is 0.294 e. The predicted molar refractivity (Wildman–Crippen MR) is 77.8 cm³/mol. The Morgan fingerprint density at radius 1 is 1.28 bits per heavy atom. The van der Waals surface area contributed by atoms with Crippen LogP contribution in [0, 0.1) is 6.92 Å². The number of nitrogens with zero attached hydrogens (tertiary/aromatic N) is 2. The quantitative estimate of drug-likeness (QED) is 0.771. The maximum atomic E-state index is 12.2. The number of benzene rings is 1. The van der Waals surface area contributed by atoms with Gasteiger partial charge in [-0.05, 0) is 35.0 Å². The predicted octanol–water partition coefficient (Wildman–Crippen LogP) is 3.68. The molecule has 1 aromatic heterocycles. The Kier molecular flexibility index (Phi) is 4.02. The number of aryl methyl sites for hydroxylation is 2. The first-order valence-electron chi connectivity index (χ1n) is 5.45. The number of halogens is 2. The van der Waals surface area contributed by atoms with Crippen LogP contribution in [0.1, 0.15) is 21.7 Å². The van der Waals surface area contributed by atoms with Crippen molar-refractivity contribution in [3.8, 4) is 0 Å². The lowest BCUT2D eigenvalue weighted by Gasteiger charge is -2.03. The molecule has 0 aliphatic heterocycles. The van der Waals surface area contributed by atoms with Crippen LogP contribution in [0.3, 0.4) is 0 Å². The summed E-state index contributed by atoms with van der Waals surface area (Å²) in [6.45, 7) is 1.91. The molecule has 0 fully saturated rings. The summed E-state index contributed by atoms with van der Waals surface area (Å²) in [6, 6.07) is 7.39. The van der Waals surface area contributed by atoms with Gasteiger partial charge in [0.2, 0.25) is 0 Å². The molecule has 0 saturated carbocycles. The zero-order valence-corrected chi connectivity index (χ0v) is 13.2. The molecule has 0 aliphatic rings. The monoisotopic (exact) mass is 370 g/mol. The number of carbonyl (C=O) groups excluding carboxylic acids is 1. The highest BCUT2D eigenvalue weighted by molar-refractivity contribution is 9.10. The first-order valence-corrected chi connectivity index (χ1v) is 7.04. The lowest BCUT2D eigenvalue weighted by molar-refractivity contribution is 0.0990. The first kappa shape index (κ1) is 13.5. The van der Waals surface area contributed by atoms with E-state index in [0.717, 1.165) is 20.3 Å². The number of aromatic nitrogens is 2. The van der Waals surface area contributed by atoms with Gasteiger partial charge < -0.3 is 0 Å². The average molecular weight is 372 g/mol. The van der Waals surface area contributed by atoms with E-state index in [9.17, 15) is 4.79 Å². The topological polar surface area (TPSA) is 34.9 Å². The van der Waals surface area contributed by atoms with Crippen LogP contribution in [0.25, 0.3) is 0 Å².